The zero-order valence-electron chi connectivity index (χ0n) is 15.3. The van der Waals surface area contributed by atoms with Crippen LogP contribution in [0.1, 0.15) is 38.2 Å². The fourth-order valence-corrected chi connectivity index (χ4v) is 4.17. The van der Waals surface area contributed by atoms with Gasteiger partial charge in [0.15, 0.2) is 0 Å². The molecular weight excluding hydrogens is 332 g/mol. The Morgan fingerprint density at radius 1 is 1.24 bits per heavy atom. The second-order valence-electron chi connectivity index (χ2n) is 6.74. The Morgan fingerprint density at radius 3 is 2.40 bits per heavy atom. The highest BCUT2D eigenvalue weighted by Gasteiger charge is 2.29. The van der Waals surface area contributed by atoms with Gasteiger partial charge in [0.1, 0.15) is 0 Å². The van der Waals surface area contributed by atoms with Crippen LogP contribution in [0.5, 0.6) is 0 Å². The van der Waals surface area contributed by atoms with Gasteiger partial charge in [-0.2, -0.15) is 0 Å². The van der Waals surface area contributed by atoms with E-state index in [0.29, 0.717) is 0 Å². The van der Waals surface area contributed by atoms with E-state index in [1.807, 2.05) is 18.9 Å². The van der Waals surface area contributed by atoms with Crippen molar-refractivity contribution in [3.63, 3.8) is 0 Å². The van der Waals surface area contributed by atoms with Gasteiger partial charge in [-0.25, -0.2) is 0 Å². The van der Waals surface area contributed by atoms with Gasteiger partial charge in [-0.05, 0) is 57.7 Å². The number of thioether (sulfide) groups is 1. The van der Waals surface area contributed by atoms with Crippen LogP contribution in [-0.4, -0.2) is 41.1 Å². The molecule has 1 unspecified atom stereocenters. The summed E-state index contributed by atoms with van der Waals surface area (Å²) in [6.07, 6.45) is 4.97. The van der Waals surface area contributed by atoms with Gasteiger partial charge >= 0.3 is 0 Å². The normalized spacial score (nSPS) is 21.2. The molecule has 2 rings (SSSR count). The predicted molar refractivity (Wildman–Crippen MR) is 104 cm³/mol. The van der Waals surface area contributed by atoms with Gasteiger partial charge in [-0.15, -0.1) is 11.8 Å². The Balaban J connectivity index is 1.84. The highest BCUT2D eigenvalue weighted by atomic mass is 32.2. The van der Waals surface area contributed by atoms with Crippen molar-refractivity contribution in [2.24, 2.45) is 0 Å². The number of hydrogen-bond acceptors (Lipinski definition) is 3. The fourth-order valence-electron chi connectivity index (χ4n) is 3.21. The number of hydrogen-bond donors (Lipinski definition) is 1. The van der Waals surface area contributed by atoms with Gasteiger partial charge in [0.2, 0.25) is 11.8 Å². The number of rotatable bonds is 6. The molecule has 0 heterocycles. The van der Waals surface area contributed by atoms with E-state index < -0.39 is 0 Å². The van der Waals surface area contributed by atoms with Crippen molar-refractivity contribution in [1.82, 2.24) is 10.2 Å². The Hall–Kier alpha value is -1.75. The topological polar surface area (TPSA) is 49.4 Å². The Morgan fingerprint density at radius 2 is 1.84 bits per heavy atom. The lowest BCUT2D eigenvalue weighted by atomic mass is 9.90. The van der Waals surface area contributed by atoms with Gasteiger partial charge in [-0.3, -0.25) is 9.59 Å². The SMILES string of the molecule is C=CC(=O)NC1CCC(N(C)C(=O)C(C)Sc2ccc(C)cc2)CC1. The summed E-state index contributed by atoms with van der Waals surface area (Å²) in [7, 11) is 1.90. The van der Waals surface area contributed by atoms with Gasteiger partial charge in [-0.1, -0.05) is 24.3 Å². The molecule has 1 aliphatic carbocycles. The van der Waals surface area contributed by atoms with E-state index in [-0.39, 0.29) is 29.1 Å². The Bertz CT molecular complexity index is 607. The van der Waals surface area contributed by atoms with E-state index in [4.69, 9.17) is 0 Å². The van der Waals surface area contributed by atoms with E-state index in [1.54, 1.807) is 11.8 Å². The minimum atomic E-state index is -0.115. The third-order valence-corrected chi connectivity index (χ3v) is 5.90. The van der Waals surface area contributed by atoms with E-state index in [2.05, 4.69) is 43.1 Å². The lowest BCUT2D eigenvalue weighted by molar-refractivity contribution is -0.132. The van der Waals surface area contributed by atoms with Crippen LogP contribution in [0.2, 0.25) is 0 Å². The maximum atomic E-state index is 12.7. The summed E-state index contributed by atoms with van der Waals surface area (Å²) in [5.74, 6) is 0.0557. The smallest absolute Gasteiger partial charge is 0.243 e. The van der Waals surface area contributed by atoms with Gasteiger partial charge < -0.3 is 10.2 Å². The van der Waals surface area contributed by atoms with E-state index in [9.17, 15) is 9.59 Å². The van der Waals surface area contributed by atoms with Crippen LogP contribution < -0.4 is 5.32 Å². The summed E-state index contributed by atoms with van der Waals surface area (Å²) in [4.78, 5) is 27.2. The van der Waals surface area contributed by atoms with Crippen LogP contribution in [0.25, 0.3) is 0 Å². The van der Waals surface area contributed by atoms with Crippen molar-refractivity contribution < 1.29 is 9.59 Å². The summed E-state index contributed by atoms with van der Waals surface area (Å²) >= 11 is 1.61. The zero-order chi connectivity index (χ0) is 18.4. The number of nitrogens with one attached hydrogen (secondary N) is 1. The lowest BCUT2D eigenvalue weighted by Crippen LogP contribution is -2.46. The monoisotopic (exact) mass is 360 g/mol. The molecular formula is C20H28N2O2S. The molecule has 0 spiro atoms. The molecule has 136 valence electrons. The minimum Gasteiger partial charge on any atom is -0.350 e. The third kappa shape index (κ3) is 5.63. The van der Waals surface area contributed by atoms with E-state index in [0.717, 1.165) is 30.6 Å². The zero-order valence-corrected chi connectivity index (χ0v) is 16.1. The number of amides is 2. The van der Waals surface area contributed by atoms with Crippen molar-refractivity contribution >= 4 is 23.6 Å². The maximum absolute atomic E-state index is 12.7. The second kappa shape index (κ2) is 9.09. The average Bonchev–Trinajstić information content (AvgIpc) is 2.62. The lowest BCUT2D eigenvalue weighted by Gasteiger charge is -2.36. The first kappa shape index (κ1) is 19.6. The molecule has 1 aliphatic rings. The standard InChI is InChI=1S/C20H28N2O2S/c1-5-19(23)21-16-8-10-17(11-9-16)22(4)20(24)15(3)25-18-12-6-14(2)7-13-18/h5-7,12-13,15-17H,1,8-11H2,2-4H3,(H,21,23). The quantitative estimate of drug-likeness (QED) is 0.623. The molecule has 0 bridgehead atoms. The number of benzene rings is 1. The molecule has 1 saturated carbocycles. The average molecular weight is 361 g/mol. The number of carbonyl (C=O) groups excluding carboxylic acids is 2. The highest BCUT2D eigenvalue weighted by Crippen LogP contribution is 2.28. The van der Waals surface area contributed by atoms with Gasteiger partial charge in [0.05, 0.1) is 5.25 Å². The molecule has 0 aromatic heterocycles. The molecule has 1 N–H and O–H groups in total. The summed E-state index contributed by atoms with van der Waals surface area (Å²) in [5.41, 5.74) is 1.22. The molecule has 2 amide bonds. The second-order valence-corrected chi connectivity index (χ2v) is 8.15. The Kier molecular flexibility index (Phi) is 7.12. The van der Waals surface area contributed by atoms with Crippen molar-refractivity contribution in [2.75, 3.05) is 7.05 Å². The minimum absolute atomic E-state index is 0.106. The van der Waals surface area contributed by atoms with Crippen LogP contribution in [-0.2, 0) is 9.59 Å². The summed E-state index contributed by atoms with van der Waals surface area (Å²) in [5, 5.41) is 2.85. The van der Waals surface area contributed by atoms with Crippen LogP contribution in [0.3, 0.4) is 0 Å². The molecule has 1 aromatic rings. The van der Waals surface area contributed by atoms with Crippen LogP contribution in [0.4, 0.5) is 0 Å². The van der Waals surface area contributed by atoms with E-state index in [1.165, 1.54) is 11.6 Å². The molecule has 1 atom stereocenters. The van der Waals surface area contributed by atoms with Crippen molar-refractivity contribution in [1.29, 1.82) is 0 Å². The van der Waals surface area contributed by atoms with Crippen molar-refractivity contribution in [2.45, 2.75) is 61.8 Å². The molecule has 5 heteroatoms. The molecule has 1 fully saturated rings. The third-order valence-electron chi connectivity index (χ3n) is 4.81. The van der Waals surface area contributed by atoms with Crippen molar-refractivity contribution in [3.05, 3.63) is 42.5 Å². The Labute approximate surface area is 155 Å². The highest BCUT2D eigenvalue weighted by molar-refractivity contribution is 8.00. The first-order valence-corrected chi connectivity index (χ1v) is 9.71. The summed E-state index contributed by atoms with van der Waals surface area (Å²) in [6, 6.07) is 8.73. The molecule has 0 aliphatic heterocycles. The maximum Gasteiger partial charge on any atom is 0.243 e. The number of nitrogens with zero attached hydrogens (tertiary/aromatic N) is 1. The first-order chi connectivity index (χ1) is 11.9. The van der Waals surface area contributed by atoms with Gasteiger partial charge in [0, 0.05) is 24.0 Å². The van der Waals surface area contributed by atoms with Crippen molar-refractivity contribution in [3.8, 4) is 0 Å². The van der Waals surface area contributed by atoms with Gasteiger partial charge in [0.25, 0.3) is 0 Å². The molecule has 0 saturated heterocycles. The molecule has 25 heavy (non-hydrogen) atoms. The van der Waals surface area contributed by atoms with Crippen LogP contribution in [0.15, 0.2) is 41.8 Å². The number of carbonyl (C=O) groups is 2. The fraction of sp³-hybridized carbons (Fsp3) is 0.500. The molecule has 0 radical (unpaired) electrons. The summed E-state index contributed by atoms with van der Waals surface area (Å²) in [6.45, 7) is 7.52. The molecule has 4 nitrogen and oxygen atoms in total. The van der Waals surface area contributed by atoms with Crippen LogP contribution >= 0.6 is 11.8 Å². The molecule has 1 aromatic carbocycles. The largest absolute Gasteiger partial charge is 0.350 e. The summed E-state index contributed by atoms with van der Waals surface area (Å²) < 4.78 is 0. The predicted octanol–water partition coefficient (Wildman–Crippen LogP) is 3.55. The number of aryl methyl sites for hydroxylation is 1. The first-order valence-electron chi connectivity index (χ1n) is 8.83. The van der Waals surface area contributed by atoms with E-state index >= 15 is 0 Å². The van der Waals surface area contributed by atoms with Crippen LogP contribution in [0, 0.1) is 6.92 Å².